The highest BCUT2D eigenvalue weighted by Gasteiger charge is 2.08. The summed E-state index contributed by atoms with van der Waals surface area (Å²) in [5.74, 6) is 0.329. The fourth-order valence-electron chi connectivity index (χ4n) is 1.30. The van der Waals surface area contributed by atoms with Gasteiger partial charge in [0.05, 0.1) is 12.8 Å². The van der Waals surface area contributed by atoms with Crippen LogP contribution < -0.4 is 15.6 Å². The Hall–Kier alpha value is -1.71. The molecule has 1 heterocycles. The second-order valence-corrected chi connectivity index (χ2v) is 3.45. The van der Waals surface area contributed by atoms with Crippen LogP contribution >= 0.6 is 0 Å². The second kappa shape index (κ2) is 4.68. The molecule has 4 nitrogen and oxygen atoms in total. The fraction of sp³-hybridized carbons (Fsp3) is 0.364. The molecule has 4 heteroatoms. The third-order valence-electron chi connectivity index (χ3n) is 2.06. The van der Waals surface area contributed by atoms with Crippen molar-refractivity contribution in [1.29, 1.82) is 0 Å². The summed E-state index contributed by atoms with van der Waals surface area (Å²) in [6.45, 7) is 7.46. The highest BCUT2D eigenvalue weighted by molar-refractivity contribution is 5.47. The van der Waals surface area contributed by atoms with Crippen LogP contribution in [0.4, 0.5) is 5.69 Å². The van der Waals surface area contributed by atoms with Crippen molar-refractivity contribution in [1.82, 2.24) is 4.57 Å². The standard InChI is InChI=1S/C11H16N2O2/c1-5-12-9-6-10(15-4)11(14)13(7-9)8(2)3/h5-8,12H,1H2,2-4H3. The number of nitrogens with one attached hydrogen (secondary N) is 1. The van der Waals surface area contributed by atoms with Crippen LogP contribution in [0.3, 0.4) is 0 Å². The van der Waals surface area contributed by atoms with Gasteiger partial charge < -0.3 is 14.6 Å². The van der Waals surface area contributed by atoms with E-state index in [1.54, 1.807) is 23.0 Å². The summed E-state index contributed by atoms with van der Waals surface area (Å²) in [5, 5.41) is 2.93. The number of nitrogens with zero attached hydrogens (tertiary/aromatic N) is 1. The van der Waals surface area contributed by atoms with Gasteiger partial charge in [0.25, 0.3) is 5.56 Å². The molecular weight excluding hydrogens is 192 g/mol. The Labute approximate surface area is 89.2 Å². The maximum atomic E-state index is 11.8. The molecule has 0 atom stereocenters. The van der Waals surface area contributed by atoms with E-state index in [1.807, 2.05) is 13.8 Å². The molecule has 1 N–H and O–H groups in total. The average Bonchev–Trinajstić information content (AvgIpc) is 2.20. The summed E-state index contributed by atoms with van der Waals surface area (Å²) < 4.78 is 6.63. The smallest absolute Gasteiger partial charge is 0.293 e. The Morgan fingerprint density at radius 2 is 2.27 bits per heavy atom. The zero-order valence-corrected chi connectivity index (χ0v) is 9.28. The van der Waals surface area contributed by atoms with Gasteiger partial charge in [0.2, 0.25) is 0 Å². The van der Waals surface area contributed by atoms with Crippen LogP contribution in [0.15, 0.2) is 29.8 Å². The predicted octanol–water partition coefficient (Wildman–Crippen LogP) is 1.99. The molecule has 1 aromatic heterocycles. The number of methoxy groups -OCH3 is 1. The summed E-state index contributed by atoms with van der Waals surface area (Å²) in [6.07, 6.45) is 3.31. The molecule has 15 heavy (non-hydrogen) atoms. The number of hydrogen-bond donors (Lipinski definition) is 1. The topological polar surface area (TPSA) is 43.3 Å². The van der Waals surface area contributed by atoms with Crippen LogP contribution in [0, 0.1) is 0 Å². The Balaban J connectivity index is 3.31. The van der Waals surface area contributed by atoms with Gasteiger partial charge in [0.1, 0.15) is 0 Å². The fourth-order valence-corrected chi connectivity index (χ4v) is 1.30. The summed E-state index contributed by atoms with van der Waals surface area (Å²) in [5.41, 5.74) is 0.664. The van der Waals surface area contributed by atoms with E-state index in [1.165, 1.54) is 7.11 Å². The van der Waals surface area contributed by atoms with Gasteiger partial charge in [-0.3, -0.25) is 4.79 Å². The van der Waals surface area contributed by atoms with E-state index in [0.29, 0.717) is 5.75 Å². The molecule has 0 saturated heterocycles. The van der Waals surface area contributed by atoms with Crippen molar-refractivity contribution in [3.63, 3.8) is 0 Å². The van der Waals surface area contributed by atoms with E-state index >= 15 is 0 Å². The number of rotatable bonds is 4. The van der Waals surface area contributed by atoms with E-state index in [9.17, 15) is 4.79 Å². The van der Waals surface area contributed by atoms with E-state index < -0.39 is 0 Å². The quantitative estimate of drug-likeness (QED) is 0.823. The number of aromatic nitrogens is 1. The van der Waals surface area contributed by atoms with E-state index in [0.717, 1.165) is 5.69 Å². The van der Waals surface area contributed by atoms with Gasteiger partial charge >= 0.3 is 0 Å². The van der Waals surface area contributed by atoms with Gasteiger partial charge in [-0.1, -0.05) is 6.58 Å². The third kappa shape index (κ3) is 2.40. The summed E-state index contributed by atoms with van der Waals surface area (Å²) in [4.78, 5) is 11.8. The summed E-state index contributed by atoms with van der Waals surface area (Å²) in [6, 6.07) is 1.75. The molecule has 0 aliphatic carbocycles. The van der Waals surface area contributed by atoms with Gasteiger partial charge in [0, 0.05) is 18.3 Å². The number of ether oxygens (including phenoxy) is 1. The molecule has 0 aromatic carbocycles. The maximum Gasteiger partial charge on any atom is 0.293 e. The van der Waals surface area contributed by atoms with Crippen LogP contribution in [0.5, 0.6) is 5.75 Å². The molecule has 1 aromatic rings. The van der Waals surface area contributed by atoms with Crippen molar-refractivity contribution in [3.8, 4) is 5.75 Å². The molecule has 0 bridgehead atoms. The normalized spacial score (nSPS) is 10.1. The van der Waals surface area contributed by atoms with Crippen molar-refractivity contribution >= 4 is 5.69 Å². The van der Waals surface area contributed by atoms with Crippen molar-refractivity contribution in [2.45, 2.75) is 19.9 Å². The lowest BCUT2D eigenvalue weighted by atomic mass is 10.3. The SMILES string of the molecule is C=CNc1cc(OC)c(=O)n(C(C)C)c1. The lowest BCUT2D eigenvalue weighted by molar-refractivity contribution is 0.399. The summed E-state index contributed by atoms with van der Waals surface area (Å²) >= 11 is 0. The molecule has 0 amide bonds. The van der Waals surface area contributed by atoms with Crippen LogP contribution in [-0.2, 0) is 0 Å². The molecule has 82 valence electrons. The summed E-state index contributed by atoms with van der Waals surface area (Å²) in [7, 11) is 1.49. The number of hydrogen-bond acceptors (Lipinski definition) is 3. The Morgan fingerprint density at radius 1 is 1.60 bits per heavy atom. The first-order chi connectivity index (χ1) is 7.10. The van der Waals surface area contributed by atoms with Gasteiger partial charge in [-0.25, -0.2) is 0 Å². The molecule has 0 saturated carbocycles. The van der Waals surface area contributed by atoms with Crippen molar-refractivity contribution in [3.05, 3.63) is 35.4 Å². The van der Waals surface area contributed by atoms with Crippen LogP contribution in [0.25, 0.3) is 0 Å². The van der Waals surface area contributed by atoms with E-state index in [4.69, 9.17) is 4.74 Å². The first-order valence-electron chi connectivity index (χ1n) is 4.77. The van der Waals surface area contributed by atoms with Gasteiger partial charge in [-0.15, -0.1) is 0 Å². The highest BCUT2D eigenvalue weighted by atomic mass is 16.5. The van der Waals surface area contributed by atoms with Crippen LogP contribution in [-0.4, -0.2) is 11.7 Å². The van der Waals surface area contributed by atoms with Crippen LogP contribution in [0.1, 0.15) is 19.9 Å². The van der Waals surface area contributed by atoms with Gasteiger partial charge in [0.15, 0.2) is 5.75 Å². The van der Waals surface area contributed by atoms with E-state index in [-0.39, 0.29) is 11.6 Å². The lowest BCUT2D eigenvalue weighted by Crippen LogP contribution is -2.22. The minimum absolute atomic E-state index is 0.0953. The predicted molar refractivity (Wildman–Crippen MR) is 61.5 cm³/mol. The molecule has 0 aliphatic heterocycles. The largest absolute Gasteiger partial charge is 0.491 e. The monoisotopic (exact) mass is 208 g/mol. The molecular formula is C11H16N2O2. The molecule has 0 aliphatic rings. The Morgan fingerprint density at radius 3 is 2.73 bits per heavy atom. The molecule has 0 spiro atoms. The molecule has 1 rings (SSSR count). The minimum Gasteiger partial charge on any atom is -0.491 e. The first kappa shape index (κ1) is 11.4. The molecule has 0 fully saturated rings. The second-order valence-electron chi connectivity index (χ2n) is 3.45. The number of anilines is 1. The van der Waals surface area contributed by atoms with Crippen molar-refractivity contribution in [2.24, 2.45) is 0 Å². The highest BCUT2D eigenvalue weighted by Crippen LogP contribution is 2.15. The van der Waals surface area contributed by atoms with Crippen LogP contribution in [0.2, 0.25) is 0 Å². The van der Waals surface area contributed by atoms with Crippen molar-refractivity contribution in [2.75, 3.05) is 12.4 Å². The average molecular weight is 208 g/mol. The third-order valence-corrected chi connectivity index (χ3v) is 2.06. The minimum atomic E-state index is -0.123. The molecule has 0 radical (unpaired) electrons. The Bertz CT molecular complexity index is 408. The first-order valence-corrected chi connectivity index (χ1v) is 4.77. The lowest BCUT2D eigenvalue weighted by Gasteiger charge is -2.13. The zero-order valence-electron chi connectivity index (χ0n) is 9.28. The van der Waals surface area contributed by atoms with E-state index in [2.05, 4.69) is 11.9 Å². The zero-order chi connectivity index (χ0) is 11.4. The van der Waals surface area contributed by atoms with Gasteiger partial charge in [-0.2, -0.15) is 0 Å². The molecule has 0 unspecified atom stereocenters. The maximum absolute atomic E-state index is 11.8. The number of pyridine rings is 1. The van der Waals surface area contributed by atoms with Gasteiger partial charge in [-0.05, 0) is 20.0 Å². The Kier molecular flexibility index (Phi) is 3.55. The van der Waals surface area contributed by atoms with Crippen molar-refractivity contribution < 1.29 is 4.74 Å².